The molecule has 0 spiro atoms. The molecule has 0 bridgehead atoms. The molecule has 1 unspecified atom stereocenters. The summed E-state index contributed by atoms with van der Waals surface area (Å²) in [7, 11) is 1.46. The van der Waals surface area contributed by atoms with E-state index in [4.69, 9.17) is 9.47 Å². The fraction of sp³-hybridized carbons (Fsp3) is 0.222. The molecule has 0 heterocycles. The van der Waals surface area contributed by atoms with E-state index >= 15 is 0 Å². The molecule has 0 fully saturated rings. The fourth-order valence-electron chi connectivity index (χ4n) is 2.21. The Balaban J connectivity index is 1.95. The van der Waals surface area contributed by atoms with E-state index in [2.05, 4.69) is 21.2 Å². The average Bonchev–Trinajstić information content (AvgIpc) is 2.60. The number of methoxy groups -OCH3 is 1. The number of benzene rings is 2. The fourth-order valence-corrected chi connectivity index (χ4v) is 2.62. The molecule has 1 amide bonds. The summed E-state index contributed by atoms with van der Waals surface area (Å²) in [5, 5.41) is 2.49. The van der Waals surface area contributed by atoms with Gasteiger partial charge in [0.05, 0.1) is 18.7 Å². The molecule has 0 aliphatic carbocycles. The van der Waals surface area contributed by atoms with Crippen LogP contribution in [0.2, 0.25) is 0 Å². The molecule has 1 N–H and O–H groups in total. The molecule has 26 heavy (non-hydrogen) atoms. The monoisotopic (exact) mass is 427 g/mol. The molecule has 0 aliphatic heterocycles. The van der Waals surface area contributed by atoms with Crippen LogP contribution in [0.5, 0.6) is 5.75 Å². The van der Waals surface area contributed by atoms with Crippen molar-refractivity contribution in [2.75, 3.05) is 13.7 Å². The Kier molecular flexibility index (Phi) is 6.68. The van der Waals surface area contributed by atoms with Gasteiger partial charge in [-0.3, -0.25) is 4.79 Å². The molecule has 0 aromatic heterocycles. The predicted octanol–water partition coefficient (Wildman–Crippen LogP) is 3.77. The van der Waals surface area contributed by atoms with Crippen molar-refractivity contribution in [3.05, 3.63) is 63.6 Å². The van der Waals surface area contributed by atoms with Gasteiger partial charge < -0.3 is 14.8 Å². The number of rotatable bonds is 6. The van der Waals surface area contributed by atoms with E-state index in [0.29, 0.717) is 10.2 Å². The van der Waals surface area contributed by atoms with E-state index in [1.54, 1.807) is 12.1 Å². The standard InChI is InChI=1S/C18H16BrF2NO4/c1-10(13-5-3-11(20)7-16(13)21)22-17(23)9-26-18(24)14-8-12(25-2)4-6-15(14)19/h3-8,10H,9H2,1-2H3,(H,22,23). The molecule has 0 radical (unpaired) electrons. The number of ether oxygens (including phenoxy) is 2. The molecule has 2 aromatic carbocycles. The van der Waals surface area contributed by atoms with Crippen LogP contribution in [0.4, 0.5) is 8.78 Å². The predicted molar refractivity (Wildman–Crippen MR) is 93.9 cm³/mol. The lowest BCUT2D eigenvalue weighted by Gasteiger charge is -2.15. The summed E-state index contributed by atoms with van der Waals surface area (Å²) in [6.45, 7) is 0.990. The molecule has 8 heteroatoms. The minimum absolute atomic E-state index is 0.126. The molecular weight excluding hydrogens is 412 g/mol. The van der Waals surface area contributed by atoms with Gasteiger partial charge in [0.2, 0.25) is 0 Å². The minimum Gasteiger partial charge on any atom is -0.497 e. The zero-order valence-corrected chi connectivity index (χ0v) is 15.6. The summed E-state index contributed by atoms with van der Waals surface area (Å²) in [6, 6.07) is 7.11. The topological polar surface area (TPSA) is 64.6 Å². The van der Waals surface area contributed by atoms with E-state index in [0.717, 1.165) is 12.1 Å². The van der Waals surface area contributed by atoms with Crippen LogP contribution in [0.15, 0.2) is 40.9 Å². The molecule has 0 aliphatic rings. The van der Waals surface area contributed by atoms with Crippen molar-refractivity contribution in [3.8, 4) is 5.75 Å². The van der Waals surface area contributed by atoms with E-state index in [9.17, 15) is 18.4 Å². The SMILES string of the molecule is COc1ccc(Br)c(C(=O)OCC(=O)NC(C)c2ccc(F)cc2F)c1. The van der Waals surface area contributed by atoms with Gasteiger partial charge in [0.25, 0.3) is 5.91 Å². The van der Waals surface area contributed by atoms with Gasteiger partial charge in [0, 0.05) is 16.1 Å². The number of hydrogen-bond acceptors (Lipinski definition) is 4. The number of nitrogens with one attached hydrogen (secondary N) is 1. The number of esters is 1. The zero-order chi connectivity index (χ0) is 19.3. The third-order valence-electron chi connectivity index (χ3n) is 3.53. The molecule has 2 rings (SSSR count). The second-order valence-corrected chi connectivity index (χ2v) is 6.23. The third-order valence-corrected chi connectivity index (χ3v) is 4.23. The van der Waals surface area contributed by atoms with Crippen molar-refractivity contribution >= 4 is 27.8 Å². The number of carbonyl (C=O) groups is 2. The van der Waals surface area contributed by atoms with Crippen molar-refractivity contribution in [1.29, 1.82) is 0 Å². The summed E-state index contributed by atoms with van der Waals surface area (Å²) in [6.07, 6.45) is 0. The number of halogens is 3. The van der Waals surface area contributed by atoms with Gasteiger partial charge in [-0.05, 0) is 47.1 Å². The Morgan fingerprint density at radius 2 is 1.92 bits per heavy atom. The summed E-state index contributed by atoms with van der Waals surface area (Å²) in [5.74, 6) is -2.34. The summed E-state index contributed by atoms with van der Waals surface area (Å²) in [5.41, 5.74) is 0.330. The van der Waals surface area contributed by atoms with Crippen LogP contribution < -0.4 is 10.1 Å². The average molecular weight is 428 g/mol. The second-order valence-electron chi connectivity index (χ2n) is 5.38. The van der Waals surface area contributed by atoms with Crippen molar-refractivity contribution < 1.29 is 27.8 Å². The van der Waals surface area contributed by atoms with Crippen molar-refractivity contribution in [2.45, 2.75) is 13.0 Å². The molecule has 1 atom stereocenters. The summed E-state index contributed by atoms with van der Waals surface area (Å²) >= 11 is 3.22. The van der Waals surface area contributed by atoms with E-state index in [1.807, 2.05) is 0 Å². The maximum Gasteiger partial charge on any atom is 0.339 e. The highest BCUT2D eigenvalue weighted by Gasteiger charge is 2.17. The highest BCUT2D eigenvalue weighted by Crippen LogP contribution is 2.23. The first-order valence-corrected chi connectivity index (χ1v) is 8.36. The summed E-state index contributed by atoms with van der Waals surface area (Å²) in [4.78, 5) is 24.0. The highest BCUT2D eigenvalue weighted by molar-refractivity contribution is 9.10. The number of carbonyl (C=O) groups excluding carboxylic acids is 2. The van der Waals surface area contributed by atoms with Crippen molar-refractivity contribution in [1.82, 2.24) is 5.32 Å². The smallest absolute Gasteiger partial charge is 0.339 e. The Morgan fingerprint density at radius 3 is 2.58 bits per heavy atom. The van der Waals surface area contributed by atoms with Gasteiger partial charge >= 0.3 is 5.97 Å². The normalized spacial score (nSPS) is 11.6. The van der Waals surface area contributed by atoms with Crippen LogP contribution in [0.25, 0.3) is 0 Å². The first-order valence-electron chi connectivity index (χ1n) is 7.56. The van der Waals surface area contributed by atoms with Gasteiger partial charge in [-0.25, -0.2) is 13.6 Å². The largest absolute Gasteiger partial charge is 0.497 e. The van der Waals surface area contributed by atoms with E-state index in [1.165, 1.54) is 26.2 Å². The molecule has 0 saturated carbocycles. The lowest BCUT2D eigenvalue weighted by Crippen LogP contribution is -2.31. The van der Waals surface area contributed by atoms with E-state index in [-0.39, 0.29) is 11.1 Å². The highest BCUT2D eigenvalue weighted by atomic mass is 79.9. The van der Waals surface area contributed by atoms with Gasteiger partial charge in [0.1, 0.15) is 17.4 Å². The van der Waals surface area contributed by atoms with Crippen molar-refractivity contribution in [2.24, 2.45) is 0 Å². The number of amides is 1. The van der Waals surface area contributed by atoms with Gasteiger partial charge in [0.15, 0.2) is 6.61 Å². The maximum atomic E-state index is 13.7. The van der Waals surface area contributed by atoms with Gasteiger partial charge in [-0.2, -0.15) is 0 Å². The zero-order valence-electron chi connectivity index (χ0n) is 14.0. The summed E-state index contributed by atoms with van der Waals surface area (Å²) < 4.78 is 37.1. The molecule has 2 aromatic rings. The molecule has 138 valence electrons. The van der Waals surface area contributed by atoms with Gasteiger partial charge in [-0.1, -0.05) is 6.07 Å². The second kappa shape index (κ2) is 8.75. The molecule has 0 saturated heterocycles. The van der Waals surface area contributed by atoms with Crippen LogP contribution in [-0.4, -0.2) is 25.6 Å². The van der Waals surface area contributed by atoms with Crippen LogP contribution >= 0.6 is 15.9 Å². The lowest BCUT2D eigenvalue weighted by atomic mass is 10.1. The first-order chi connectivity index (χ1) is 12.3. The van der Waals surface area contributed by atoms with Crippen LogP contribution in [-0.2, 0) is 9.53 Å². The third kappa shape index (κ3) is 5.01. The first kappa shape index (κ1) is 19.8. The van der Waals surface area contributed by atoms with Crippen LogP contribution in [0, 0.1) is 11.6 Å². The lowest BCUT2D eigenvalue weighted by molar-refractivity contribution is -0.124. The molecule has 5 nitrogen and oxygen atoms in total. The Bertz CT molecular complexity index is 829. The molecular formula is C18H16BrF2NO4. The van der Waals surface area contributed by atoms with Gasteiger partial charge in [-0.15, -0.1) is 0 Å². The Morgan fingerprint density at radius 1 is 1.19 bits per heavy atom. The maximum absolute atomic E-state index is 13.7. The van der Waals surface area contributed by atoms with Crippen molar-refractivity contribution in [3.63, 3.8) is 0 Å². The van der Waals surface area contributed by atoms with Crippen LogP contribution in [0.1, 0.15) is 28.9 Å². The number of hydrogen-bond donors (Lipinski definition) is 1. The van der Waals surface area contributed by atoms with E-state index < -0.39 is 36.2 Å². The minimum atomic E-state index is -0.768. The van der Waals surface area contributed by atoms with Crippen LogP contribution in [0.3, 0.4) is 0 Å². The Hall–Kier alpha value is -2.48. The quantitative estimate of drug-likeness (QED) is 0.712. The Labute approximate surface area is 157 Å².